The Balaban J connectivity index is 2.82. The summed E-state index contributed by atoms with van der Waals surface area (Å²) in [6.45, 7) is 5.24. The molecule has 1 fully saturated rings. The maximum atomic E-state index is 12.2. The minimum absolute atomic E-state index is 0.0724. The van der Waals surface area contributed by atoms with Crippen molar-refractivity contribution < 1.29 is 24.2 Å². The van der Waals surface area contributed by atoms with Crippen LogP contribution in [0.3, 0.4) is 0 Å². The summed E-state index contributed by atoms with van der Waals surface area (Å²) < 4.78 is 5.15. The summed E-state index contributed by atoms with van der Waals surface area (Å²) in [7, 11) is 0. The van der Waals surface area contributed by atoms with Crippen molar-refractivity contribution in [2.24, 2.45) is 11.7 Å². The molecule has 4 N–H and O–H groups in total. The Bertz CT molecular complexity index is 410. The average Bonchev–Trinajstić information content (AvgIpc) is 2.78. The normalized spacial score (nSPS) is 22.4. The molecule has 1 aliphatic rings. The Kier molecular flexibility index (Phi) is 4.93. The smallest absolute Gasteiger partial charge is 0.318 e. The highest BCUT2D eigenvalue weighted by Gasteiger charge is 2.40. The van der Waals surface area contributed by atoms with E-state index in [0.717, 1.165) is 0 Å². The zero-order chi connectivity index (χ0) is 15.5. The van der Waals surface area contributed by atoms with Crippen LogP contribution in [0.25, 0.3) is 0 Å². The van der Waals surface area contributed by atoms with Gasteiger partial charge in [0.15, 0.2) is 0 Å². The van der Waals surface area contributed by atoms with Gasteiger partial charge in [0.25, 0.3) is 0 Å². The van der Waals surface area contributed by atoms with Crippen LogP contribution in [0.1, 0.15) is 20.8 Å². The SMILES string of the molecule is CCN(C(=O)NC(C)(C)C(N)=O)C1COCC1C(=O)O. The highest BCUT2D eigenvalue weighted by molar-refractivity contribution is 5.89. The molecule has 2 atom stereocenters. The zero-order valence-electron chi connectivity index (χ0n) is 11.9. The van der Waals surface area contributed by atoms with Crippen molar-refractivity contribution >= 4 is 17.9 Å². The molecule has 20 heavy (non-hydrogen) atoms. The first-order valence-corrected chi connectivity index (χ1v) is 6.40. The van der Waals surface area contributed by atoms with E-state index in [2.05, 4.69) is 5.32 Å². The Hall–Kier alpha value is -1.83. The Morgan fingerprint density at radius 3 is 2.45 bits per heavy atom. The van der Waals surface area contributed by atoms with Gasteiger partial charge < -0.3 is 25.8 Å². The average molecular weight is 287 g/mol. The number of rotatable bonds is 5. The van der Waals surface area contributed by atoms with E-state index in [9.17, 15) is 14.4 Å². The van der Waals surface area contributed by atoms with E-state index in [1.165, 1.54) is 18.7 Å². The third kappa shape index (κ3) is 3.38. The molecule has 0 bridgehead atoms. The summed E-state index contributed by atoms with van der Waals surface area (Å²) in [5.74, 6) is -2.44. The number of carbonyl (C=O) groups excluding carboxylic acids is 2. The van der Waals surface area contributed by atoms with Crippen LogP contribution in [0.15, 0.2) is 0 Å². The summed E-state index contributed by atoms with van der Waals surface area (Å²) in [6, 6.07) is -1.08. The number of ether oxygens (including phenoxy) is 1. The number of nitrogens with two attached hydrogens (primary N) is 1. The van der Waals surface area contributed by atoms with Crippen LogP contribution in [-0.2, 0) is 14.3 Å². The molecule has 114 valence electrons. The number of aliphatic carboxylic acids is 1. The van der Waals surface area contributed by atoms with Crippen molar-refractivity contribution in [1.82, 2.24) is 10.2 Å². The fraction of sp³-hybridized carbons (Fsp3) is 0.750. The van der Waals surface area contributed by atoms with Gasteiger partial charge in [-0.1, -0.05) is 0 Å². The minimum atomic E-state index is -1.21. The quantitative estimate of drug-likeness (QED) is 0.622. The summed E-state index contributed by atoms with van der Waals surface area (Å²) in [5.41, 5.74) is 3.99. The topological polar surface area (TPSA) is 122 Å². The molecule has 0 spiro atoms. The molecule has 0 saturated carbocycles. The first kappa shape index (κ1) is 16.2. The van der Waals surface area contributed by atoms with E-state index in [4.69, 9.17) is 15.6 Å². The second-order valence-corrected chi connectivity index (χ2v) is 5.25. The van der Waals surface area contributed by atoms with Crippen molar-refractivity contribution in [1.29, 1.82) is 0 Å². The van der Waals surface area contributed by atoms with Gasteiger partial charge in [-0.25, -0.2) is 4.79 Å². The number of carboxylic acid groups (broad SMARTS) is 1. The number of nitrogens with one attached hydrogen (secondary N) is 1. The lowest BCUT2D eigenvalue weighted by Gasteiger charge is -2.32. The molecule has 3 amide bonds. The second-order valence-electron chi connectivity index (χ2n) is 5.25. The lowest BCUT2D eigenvalue weighted by Crippen LogP contribution is -2.59. The molecule has 0 aromatic carbocycles. The number of urea groups is 1. The monoisotopic (exact) mass is 287 g/mol. The molecule has 0 aromatic rings. The lowest BCUT2D eigenvalue weighted by atomic mass is 10.0. The van der Waals surface area contributed by atoms with Gasteiger partial charge in [0.2, 0.25) is 5.91 Å². The number of likely N-dealkylation sites (N-methyl/N-ethyl adjacent to an activating group) is 1. The molecular formula is C12H21N3O5. The number of hydrogen-bond donors (Lipinski definition) is 3. The maximum absolute atomic E-state index is 12.2. The van der Waals surface area contributed by atoms with Gasteiger partial charge in [0, 0.05) is 6.54 Å². The largest absolute Gasteiger partial charge is 0.481 e. The summed E-state index contributed by atoms with van der Waals surface area (Å²) >= 11 is 0. The fourth-order valence-corrected chi connectivity index (χ4v) is 2.02. The van der Waals surface area contributed by atoms with Gasteiger partial charge in [0.05, 0.1) is 19.3 Å². The third-order valence-electron chi connectivity index (χ3n) is 3.40. The standard InChI is InChI=1S/C12H21N3O5/c1-4-15(8-6-20-5-7(8)9(16)17)11(19)14-12(2,3)10(13)18/h7-8H,4-6H2,1-3H3,(H2,13,18)(H,14,19)(H,16,17). The van der Waals surface area contributed by atoms with Crippen LogP contribution in [-0.4, -0.2) is 59.3 Å². The van der Waals surface area contributed by atoms with Crippen molar-refractivity contribution in [3.05, 3.63) is 0 Å². The van der Waals surface area contributed by atoms with Gasteiger partial charge in [0.1, 0.15) is 11.5 Å². The summed E-state index contributed by atoms with van der Waals surface area (Å²) in [5, 5.41) is 11.6. The van der Waals surface area contributed by atoms with Gasteiger partial charge in [-0.2, -0.15) is 0 Å². The van der Waals surface area contributed by atoms with Gasteiger partial charge in [-0.05, 0) is 20.8 Å². The van der Waals surface area contributed by atoms with Crippen molar-refractivity contribution in [2.45, 2.75) is 32.4 Å². The molecule has 1 aliphatic heterocycles. The molecule has 0 aliphatic carbocycles. The van der Waals surface area contributed by atoms with E-state index < -0.39 is 35.4 Å². The van der Waals surface area contributed by atoms with Crippen LogP contribution in [0, 0.1) is 5.92 Å². The number of nitrogens with zero attached hydrogens (tertiary/aromatic N) is 1. The Labute approximate surface area is 117 Å². The number of amides is 3. The molecule has 1 rings (SSSR count). The van der Waals surface area contributed by atoms with E-state index in [1.807, 2.05) is 0 Å². The van der Waals surface area contributed by atoms with Crippen LogP contribution in [0.4, 0.5) is 4.79 Å². The molecule has 8 heteroatoms. The first-order chi connectivity index (χ1) is 9.20. The Morgan fingerprint density at radius 2 is 2.00 bits per heavy atom. The van der Waals surface area contributed by atoms with E-state index in [1.54, 1.807) is 6.92 Å². The van der Waals surface area contributed by atoms with Crippen LogP contribution in [0.2, 0.25) is 0 Å². The van der Waals surface area contributed by atoms with Crippen LogP contribution < -0.4 is 11.1 Å². The minimum Gasteiger partial charge on any atom is -0.481 e. The summed E-state index contributed by atoms with van der Waals surface area (Å²) in [6.07, 6.45) is 0. The fourth-order valence-electron chi connectivity index (χ4n) is 2.02. The predicted molar refractivity (Wildman–Crippen MR) is 69.9 cm³/mol. The number of carboxylic acids is 1. The molecule has 0 aromatic heterocycles. The maximum Gasteiger partial charge on any atom is 0.318 e. The molecule has 2 unspecified atom stereocenters. The van der Waals surface area contributed by atoms with Gasteiger partial charge in [-0.3, -0.25) is 9.59 Å². The first-order valence-electron chi connectivity index (χ1n) is 6.40. The van der Waals surface area contributed by atoms with E-state index in [-0.39, 0.29) is 13.2 Å². The molecule has 0 radical (unpaired) electrons. The zero-order valence-corrected chi connectivity index (χ0v) is 11.9. The van der Waals surface area contributed by atoms with E-state index >= 15 is 0 Å². The molecular weight excluding hydrogens is 266 g/mol. The van der Waals surface area contributed by atoms with Gasteiger partial charge in [-0.15, -0.1) is 0 Å². The van der Waals surface area contributed by atoms with E-state index in [0.29, 0.717) is 6.54 Å². The highest BCUT2D eigenvalue weighted by Crippen LogP contribution is 2.20. The Morgan fingerprint density at radius 1 is 1.40 bits per heavy atom. The summed E-state index contributed by atoms with van der Waals surface area (Å²) in [4.78, 5) is 35.9. The number of carbonyl (C=O) groups is 3. The lowest BCUT2D eigenvalue weighted by molar-refractivity contribution is -0.142. The highest BCUT2D eigenvalue weighted by atomic mass is 16.5. The van der Waals surface area contributed by atoms with Crippen LogP contribution in [0.5, 0.6) is 0 Å². The molecule has 8 nitrogen and oxygen atoms in total. The third-order valence-corrected chi connectivity index (χ3v) is 3.40. The number of hydrogen-bond acceptors (Lipinski definition) is 4. The molecule has 1 saturated heterocycles. The van der Waals surface area contributed by atoms with Crippen molar-refractivity contribution in [3.8, 4) is 0 Å². The van der Waals surface area contributed by atoms with Gasteiger partial charge >= 0.3 is 12.0 Å². The van der Waals surface area contributed by atoms with Crippen LogP contribution >= 0.6 is 0 Å². The number of primary amides is 1. The molecule has 1 heterocycles. The second kappa shape index (κ2) is 6.08. The van der Waals surface area contributed by atoms with Crippen molar-refractivity contribution in [2.75, 3.05) is 19.8 Å². The predicted octanol–water partition coefficient (Wildman–Crippen LogP) is -0.619. The van der Waals surface area contributed by atoms with Crippen molar-refractivity contribution in [3.63, 3.8) is 0 Å².